The van der Waals surface area contributed by atoms with Gasteiger partial charge in [-0.15, -0.1) is 6.58 Å². The first-order valence-electron chi connectivity index (χ1n) is 7.34. The minimum atomic E-state index is -0.0780. The lowest BCUT2D eigenvalue weighted by Gasteiger charge is -2.62. The van der Waals surface area contributed by atoms with Gasteiger partial charge in [-0.25, -0.2) is 0 Å². The third-order valence-corrected chi connectivity index (χ3v) is 5.75. The van der Waals surface area contributed by atoms with E-state index in [4.69, 9.17) is 0 Å². The Morgan fingerprint density at radius 3 is 2.47 bits per heavy atom. The first-order valence-corrected chi connectivity index (χ1v) is 7.34. The minimum Gasteiger partial charge on any atom is -0.393 e. The lowest BCUT2D eigenvalue weighted by atomic mass is 9.43. The predicted octanol–water partition coefficient (Wildman–Crippen LogP) is 3.92. The molecule has 0 saturated heterocycles. The molecule has 96 valence electrons. The van der Waals surface area contributed by atoms with Gasteiger partial charge < -0.3 is 5.11 Å². The van der Waals surface area contributed by atoms with E-state index in [1.807, 2.05) is 6.08 Å². The van der Waals surface area contributed by atoms with E-state index in [-0.39, 0.29) is 11.5 Å². The summed E-state index contributed by atoms with van der Waals surface area (Å²) >= 11 is 0. The number of aliphatic hydroxyl groups is 1. The summed E-state index contributed by atoms with van der Waals surface area (Å²) in [6.07, 6.45) is 12.0. The van der Waals surface area contributed by atoms with Gasteiger partial charge in [0.25, 0.3) is 0 Å². The molecule has 0 radical (unpaired) electrons. The number of hydrogen-bond donors (Lipinski definition) is 1. The maximum absolute atomic E-state index is 10.6. The van der Waals surface area contributed by atoms with Crippen LogP contribution in [0.4, 0.5) is 0 Å². The van der Waals surface area contributed by atoms with Gasteiger partial charge in [-0.05, 0) is 74.0 Å². The number of aliphatic hydroxyl groups excluding tert-OH is 1. The highest BCUT2D eigenvalue weighted by molar-refractivity contribution is 5.08. The molecule has 17 heavy (non-hydrogen) atoms. The van der Waals surface area contributed by atoms with Crippen molar-refractivity contribution in [1.29, 1.82) is 0 Å². The van der Waals surface area contributed by atoms with E-state index in [0.717, 1.165) is 24.7 Å². The number of allylic oxidation sites excluding steroid dienone is 1. The second kappa shape index (κ2) is 3.85. The number of hydrogen-bond acceptors (Lipinski definition) is 1. The standard InChI is InChI=1S/C16H26O/c1-3-4-5-14(17)16-9-12-6-13(10-16)8-15(2,7-12)11-16/h3,12-14,17H,1,4-11H2,2H3. The van der Waals surface area contributed by atoms with Gasteiger partial charge >= 0.3 is 0 Å². The molecule has 3 atom stereocenters. The Hall–Kier alpha value is -0.300. The van der Waals surface area contributed by atoms with Gasteiger partial charge in [0.15, 0.2) is 0 Å². The van der Waals surface area contributed by atoms with E-state index in [1.54, 1.807) is 0 Å². The van der Waals surface area contributed by atoms with Crippen LogP contribution in [0.25, 0.3) is 0 Å². The monoisotopic (exact) mass is 234 g/mol. The molecule has 0 aliphatic heterocycles. The Morgan fingerprint density at radius 2 is 1.94 bits per heavy atom. The molecule has 1 N–H and O–H groups in total. The van der Waals surface area contributed by atoms with Crippen molar-refractivity contribution in [3.05, 3.63) is 12.7 Å². The Balaban J connectivity index is 1.80. The highest BCUT2D eigenvalue weighted by atomic mass is 16.3. The average Bonchev–Trinajstić information content (AvgIpc) is 2.22. The molecular weight excluding hydrogens is 208 g/mol. The van der Waals surface area contributed by atoms with Gasteiger partial charge in [-0.2, -0.15) is 0 Å². The van der Waals surface area contributed by atoms with Crippen molar-refractivity contribution in [2.45, 2.75) is 64.4 Å². The van der Waals surface area contributed by atoms with Crippen LogP contribution in [0.2, 0.25) is 0 Å². The van der Waals surface area contributed by atoms with Gasteiger partial charge in [0, 0.05) is 0 Å². The zero-order valence-corrected chi connectivity index (χ0v) is 11.1. The van der Waals surface area contributed by atoms with Gasteiger partial charge in [-0.1, -0.05) is 13.0 Å². The van der Waals surface area contributed by atoms with Crippen LogP contribution in [-0.2, 0) is 0 Å². The van der Waals surface area contributed by atoms with Gasteiger partial charge in [0.2, 0.25) is 0 Å². The Bertz CT molecular complexity index is 305. The third kappa shape index (κ3) is 1.87. The minimum absolute atomic E-state index is 0.0780. The molecule has 0 aromatic heterocycles. The molecule has 4 saturated carbocycles. The van der Waals surface area contributed by atoms with E-state index >= 15 is 0 Å². The van der Waals surface area contributed by atoms with Crippen LogP contribution in [0, 0.1) is 22.7 Å². The quantitative estimate of drug-likeness (QED) is 0.731. The fourth-order valence-electron chi connectivity index (χ4n) is 5.77. The summed E-state index contributed by atoms with van der Waals surface area (Å²) in [6, 6.07) is 0. The maximum Gasteiger partial charge on any atom is 0.0599 e. The summed E-state index contributed by atoms with van der Waals surface area (Å²) in [4.78, 5) is 0. The zero-order chi connectivity index (χ0) is 12.1. The highest BCUT2D eigenvalue weighted by Gasteiger charge is 2.57. The topological polar surface area (TPSA) is 20.2 Å². The van der Waals surface area contributed by atoms with Gasteiger partial charge in [0.05, 0.1) is 6.10 Å². The van der Waals surface area contributed by atoms with Crippen LogP contribution in [0.3, 0.4) is 0 Å². The molecule has 4 bridgehead atoms. The third-order valence-electron chi connectivity index (χ3n) is 5.75. The zero-order valence-electron chi connectivity index (χ0n) is 11.1. The van der Waals surface area contributed by atoms with Crippen LogP contribution in [0.5, 0.6) is 0 Å². The second-order valence-corrected chi connectivity index (χ2v) is 7.52. The maximum atomic E-state index is 10.6. The lowest BCUT2D eigenvalue weighted by Crippen LogP contribution is -2.55. The van der Waals surface area contributed by atoms with Crippen LogP contribution >= 0.6 is 0 Å². The molecule has 0 heterocycles. The molecule has 4 aliphatic rings. The van der Waals surface area contributed by atoms with Crippen molar-refractivity contribution in [2.24, 2.45) is 22.7 Å². The second-order valence-electron chi connectivity index (χ2n) is 7.52. The molecule has 4 aliphatic carbocycles. The summed E-state index contributed by atoms with van der Waals surface area (Å²) in [5.41, 5.74) is 0.834. The van der Waals surface area contributed by atoms with Crippen molar-refractivity contribution in [2.75, 3.05) is 0 Å². The Kier molecular flexibility index (Phi) is 2.66. The molecule has 4 fully saturated rings. The fraction of sp³-hybridized carbons (Fsp3) is 0.875. The molecule has 3 unspecified atom stereocenters. The normalized spacial score (nSPS) is 49.3. The van der Waals surface area contributed by atoms with Crippen molar-refractivity contribution in [1.82, 2.24) is 0 Å². The van der Waals surface area contributed by atoms with Crippen molar-refractivity contribution < 1.29 is 5.11 Å². The van der Waals surface area contributed by atoms with Crippen LogP contribution in [-0.4, -0.2) is 11.2 Å². The van der Waals surface area contributed by atoms with Crippen LogP contribution < -0.4 is 0 Å². The molecule has 1 heteroatoms. The highest BCUT2D eigenvalue weighted by Crippen LogP contribution is 2.66. The van der Waals surface area contributed by atoms with E-state index in [9.17, 15) is 5.11 Å². The molecular formula is C16H26O. The summed E-state index contributed by atoms with van der Waals surface area (Å²) in [7, 11) is 0. The predicted molar refractivity (Wildman–Crippen MR) is 70.7 cm³/mol. The Morgan fingerprint density at radius 1 is 1.29 bits per heavy atom. The fourth-order valence-corrected chi connectivity index (χ4v) is 5.77. The molecule has 0 amide bonds. The first kappa shape index (κ1) is 11.8. The summed E-state index contributed by atoms with van der Waals surface area (Å²) < 4.78 is 0. The molecule has 4 rings (SSSR count). The summed E-state index contributed by atoms with van der Waals surface area (Å²) in [5, 5.41) is 10.6. The number of rotatable bonds is 4. The molecule has 0 spiro atoms. The lowest BCUT2D eigenvalue weighted by molar-refractivity contribution is -0.154. The Labute approximate surface area is 105 Å². The van der Waals surface area contributed by atoms with Crippen LogP contribution in [0.15, 0.2) is 12.7 Å². The van der Waals surface area contributed by atoms with E-state index in [1.165, 1.54) is 38.5 Å². The molecule has 0 aromatic rings. The van der Waals surface area contributed by atoms with Crippen molar-refractivity contribution >= 4 is 0 Å². The van der Waals surface area contributed by atoms with Crippen molar-refractivity contribution in [3.8, 4) is 0 Å². The summed E-state index contributed by atoms with van der Waals surface area (Å²) in [6.45, 7) is 6.25. The van der Waals surface area contributed by atoms with E-state index in [0.29, 0.717) is 5.41 Å². The largest absolute Gasteiger partial charge is 0.393 e. The van der Waals surface area contributed by atoms with Crippen molar-refractivity contribution in [3.63, 3.8) is 0 Å². The summed E-state index contributed by atoms with van der Waals surface area (Å²) in [5.74, 6) is 1.83. The first-order chi connectivity index (χ1) is 8.05. The average molecular weight is 234 g/mol. The molecule has 0 aromatic carbocycles. The van der Waals surface area contributed by atoms with Gasteiger partial charge in [0.1, 0.15) is 0 Å². The van der Waals surface area contributed by atoms with E-state index in [2.05, 4.69) is 13.5 Å². The molecule has 1 nitrogen and oxygen atoms in total. The van der Waals surface area contributed by atoms with Gasteiger partial charge in [-0.3, -0.25) is 0 Å². The van der Waals surface area contributed by atoms with Crippen LogP contribution in [0.1, 0.15) is 58.3 Å². The van der Waals surface area contributed by atoms with E-state index < -0.39 is 0 Å². The smallest absolute Gasteiger partial charge is 0.0599 e. The SMILES string of the molecule is C=CCCC(O)C12CC3CC(CC(C)(C3)C1)C2.